The topological polar surface area (TPSA) is 59.2 Å². The van der Waals surface area contributed by atoms with E-state index in [1.165, 1.54) is 5.56 Å². The molecule has 0 radical (unpaired) electrons. The smallest absolute Gasteiger partial charge is 0.273 e. The minimum Gasteiger partial charge on any atom is -0.337 e. The molecule has 5 heteroatoms. The van der Waals surface area contributed by atoms with Crippen molar-refractivity contribution < 1.29 is 4.79 Å². The highest BCUT2D eigenvalue weighted by Crippen LogP contribution is 2.20. The van der Waals surface area contributed by atoms with E-state index in [0.29, 0.717) is 18.2 Å². The van der Waals surface area contributed by atoms with Crippen molar-refractivity contribution in [3.05, 3.63) is 52.0 Å². The summed E-state index contributed by atoms with van der Waals surface area (Å²) in [5.74, 6) is 0.484. The Morgan fingerprint density at radius 2 is 2.19 bits per heavy atom. The van der Waals surface area contributed by atoms with Crippen LogP contribution in [0.3, 0.4) is 0 Å². The second kappa shape index (κ2) is 6.37. The van der Waals surface area contributed by atoms with Gasteiger partial charge in [-0.1, -0.05) is 30.3 Å². The van der Waals surface area contributed by atoms with Crippen molar-refractivity contribution in [3.63, 3.8) is 0 Å². The standard InChI is InChI=1S/C16H19N3OS/c17-9-13-6-7-19(10-13)16(20)14-11-21-15(18-14)8-12-4-2-1-3-5-12/h1-5,11,13H,6-10,17H2. The number of nitrogens with zero attached hydrogens (tertiary/aromatic N) is 2. The van der Waals surface area contributed by atoms with Crippen LogP contribution < -0.4 is 5.73 Å². The summed E-state index contributed by atoms with van der Waals surface area (Å²) in [6.07, 6.45) is 1.79. The van der Waals surface area contributed by atoms with Crippen LogP contribution in [0.15, 0.2) is 35.7 Å². The third-order valence-corrected chi connectivity index (χ3v) is 4.72. The first-order valence-corrected chi connectivity index (χ1v) is 8.12. The highest BCUT2D eigenvalue weighted by atomic mass is 32.1. The predicted molar refractivity (Wildman–Crippen MR) is 84.4 cm³/mol. The highest BCUT2D eigenvalue weighted by Gasteiger charge is 2.27. The number of rotatable bonds is 4. The number of carbonyl (C=O) groups is 1. The molecular weight excluding hydrogens is 282 g/mol. The lowest BCUT2D eigenvalue weighted by Gasteiger charge is -2.14. The van der Waals surface area contributed by atoms with Crippen LogP contribution in [0.5, 0.6) is 0 Å². The molecule has 1 fully saturated rings. The molecule has 1 saturated heterocycles. The minimum absolute atomic E-state index is 0.0431. The van der Waals surface area contributed by atoms with E-state index in [1.807, 2.05) is 28.5 Å². The van der Waals surface area contributed by atoms with Gasteiger partial charge in [0.25, 0.3) is 5.91 Å². The van der Waals surface area contributed by atoms with Crippen molar-refractivity contribution in [1.82, 2.24) is 9.88 Å². The molecule has 4 nitrogen and oxygen atoms in total. The molecule has 2 N–H and O–H groups in total. The van der Waals surface area contributed by atoms with Gasteiger partial charge in [-0.3, -0.25) is 4.79 Å². The minimum atomic E-state index is 0.0431. The summed E-state index contributed by atoms with van der Waals surface area (Å²) in [5, 5.41) is 2.86. The van der Waals surface area contributed by atoms with Crippen molar-refractivity contribution in [3.8, 4) is 0 Å². The summed E-state index contributed by atoms with van der Waals surface area (Å²) < 4.78 is 0. The Kier molecular flexibility index (Phi) is 4.31. The molecule has 1 aromatic carbocycles. The van der Waals surface area contributed by atoms with Gasteiger partial charge in [-0.05, 0) is 24.4 Å². The summed E-state index contributed by atoms with van der Waals surface area (Å²) in [5.41, 5.74) is 7.46. The Morgan fingerprint density at radius 3 is 2.90 bits per heavy atom. The molecule has 0 bridgehead atoms. The first kappa shape index (κ1) is 14.2. The lowest BCUT2D eigenvalue weighted by atomic mass is 10.1. The number of hydrogen-bond donors (Lipinski definition) is 1. The Morgan fingerprint density at radius 1 is 1.38 bits per heavy atom. The van der Waals surface area contributed by atoms with Gasteiger partial charge in [0.15, 0.2) is 0 Å². The molecule has 1 atom stereocenters. The molecule has 3 rings (SSSR count). The normalized spacial score (nSPS) is 18.1. The van der Waals surface area contributed by atoms with E-state index in [4.69, 9.17) is 5.73 Å². The number of benzene rings is 1. The molecule has 1 aliphatic heterocycles. The SMILES string of the molecule is NCC1CCN(C(=O)c2csc(Cc3ccccc3)n2)C1. The average Bonchev–Trinajstić information content (AvgIpc) is 3.16. The van der Waals surface area contributed by atoms with Crippen LogP contribution >= 0.6 is 11.3 Å². The lowest BCUT2D eigenvalue weighted by molar-refractivity contribution is 0.0782. The Balaban J connectivity index is 1.66. The fraction of sp³-hybridized carbons (Fsp3) is 0.375. The van der Waals surface area contributed by atoms with Crippen LogP contribution in [0.1, 0.15) is 27.5 Å². The molecule has 1 aromatic heterocycles. The van der Waals surface area contributed by atoms with Crippen LogP contribution in [0.2, 0.25) is 0 Å². The monoisotopic (exact) mass is 301 g/mol. The van der Waals surface area contributed by atoms with Crippen molar-refractivity contribution in [1.29, 1.82) is 0 Å². The molecule has 0 spiro atoms. The summed E-state index contributed by atoms with van der Waals surface area (Å²) in [6, 6.07) is 10.2. The number of nitrogens with two attached hydrogens (primary N) is 1. The van der Waals surface area contributed by atoms with Crippen molar-refractivity contribution in [2.24, 2.45) is 11.7 Å². The maximum absolute atomic E-state index is 12.4. The molecule has 21 heavy (non-hydrogen) atoms. The van der Waals surface area contributed by atoms with Gasteiger partial charge in [-0.2, -0.15) is 0 Å². The lowest BCUT2D eigenvalue weighted by Crippen LogP contribution is -2.30. The number of aromatic nitrogens is 1. The first-order chi connectivity index (χ1) is 10.3. The fourth-order valence-electron chi connectivity index (χ4n) is 2.63. The summed E-state index contributed by atoms with van der Waals surface area (Å²) in [6.45, 7) is 2.22. The molecule has 2 heterocycles. The number of carbonyl (C=O) groups excluding carboxylic acids is 1. The van der Waals surface area contributed by atoms with E-state index in [2.05, 4.69) is 17.1 Å². The maximum atomic E-state index is 12.4. The van der Waals surface area contributed by atoms with E-state index in [1.54, 1.807) is 11.3 Å². The molecular formula is C16H19N3OS. The summed E-state index contributed by atoms with van der Waals surface area (Å²) >= 11 is 1.55. The third-order valence-electron chi connectivity index (χ3n) is 3.88. The number of thiazole rings is 1. The zero-order chi connectivity index (χ0) is 14.7. The Labute approximate surface area is 128 Å². The highest BCUT2D eigenvalue weighted by molar-refractivity contribution is 7.09. The first-order valence-electron chi connectivity index (χ1n) is 7.24. The van der Waals surface area contributed by atoms with Crippen LogP contribution in [0.4, 0.5) is 0 Å². The Bertz CT molecular complexity index is 611. The van der Waals surface area contributed by atoms with Crippen molar-refractivity contribution in [2.45, 2.75) is 12.8 Å². The van der Waals surface area contributed by atoms with Gasteiger partial charge in [0.1, 0.15) is 5.69 Å². The van der Waals surface area contributed by atoms with E-state index in [-0.39, 0.29) is 5.91 Å². The van der Waals surface area contributed by atoms with Gasteiger partial charge in [0.2, 0.25) is 0 Å². The van der Waals surface area contributed by atoms with E-state index < -0.39 is 0 Å². The van der Waals surface area contributed by atoms with Gasteiger partial charge in [-0.25, -0.2) is 4.98 Å². The second-order valence-corrected chi connectivity index (χ2v) is 6.37. The van der Waals surface area contributed by atoms with Crippen molar-refractivity contribution >= 4 is 17.2 Å². The maximum Gasteiger partial charge on any atom is 0.273 e. The Hall–Kier alpha value is -1.72. The van der Waals surface area contributed by atoms with Gasteiger partial charge < -0.3 is 10.6 Å². The number of hydrogen-bond acceptors (Lipinski definition) is 4. The van der Waals surface area contributed by atoms with E-state index in [0.717, 1.165) is 30.9 Å². The quantitative estimate of drug-likeness (QED) is 0.941. The van der Waals surface area contributed by atoms with Gasteiger partial charge in [0.05, 0.1) is 5.01 Å². The molecule has 2 aromatic rings. The summed E-state index contributed by atoms with van der Waals surface area (Å²) in [4.78, 5) is 18.8. The molecule has 0 aliphatic carbocycles. The average molecular weight is 301 g/mol. The molecule has 1 amide bonds. The van der Waals surface area contributed by atoms with Crippen LogP contribution in [0, 0.1) is 5.92 Å². The molecule has 0 saturated carbocycles. The second-order valence-electron chi connectivity index (χ2n) is 5.43. The number of amides is 1. The van der Waals surface area contributed by atoms with Gasteiger partial charge >= 0.3 is 0 Å². The summed E-state index contributed by atoms with van der Waals surface area (Å²) in [7, 11) is 0. The number of likely N-dealkylation sites (tertiary alicyclic amines) is 1. The van der Waals surface area contributed by atoms with E-state index >= 15 is 0 Å². The third kappa shape index (κ3) is 3.31. The zero-order valence-electron chi connectivity index (χ0n) is 11.9. The molecule has 1 aliphatic rings. The molecule has 1 unspecified atom stereocenters. The van der Waals surface area contributed by atoms with Gasteiger partial charge in [-0.15, -0.1) is 11.3 Å². The predicted octanol–water partition coefficient (Wildman–Crippen LogP) is 2.15. The van der Waals surface area contributed by atoms with Crippen LogP contribution in [0.25, 0.3) is 0 Å². The van der Waals surface area contributed by atoms with Crippen LogP contribution in [-0.2, 0) is 6.42 Å². The van der Waals surface area contributed by atoms with Gasteiger partial charge in [0, 0.05) is 24.9 Å². The largest absolute Gasteiger partial charge is 0.337 e. The fourth-order valence-corrected chi connectivity index (χ4v) is 3.43. The zero-order valence-corrected chi connectivity index (χ0v) is 12.7. The van der Waals surface area contributed by atoms with Crippen molar-refractivity contribution in [2.75, 3.05) is 19.6 Å². The molecule has 110 valence electrons. The van der Waals surface area contributed by atoms with E-state index in [9.17, 15) is 4.79 Å². The van der Waals surface area contributed by atoms with Crippen LogP contribution in [-0.4, -0.2) is 35.4 Å².